The number of carbonyl (C=O) groups excluding carboxylic acids is 1. The van der Waals surface area contributed by atoms with Gasteiger partial charge in [0.15, 0.2) is 0 Å². The van der Waals surface area contributed by atoms with Crippen LogP contribution in [0.15, 0.2) is 24.3 Å². The lowest BCUT2D eigenvalue weighted by atomic mass is 9.66. The summed E-state index contributed by atoms with van der Waals surface area (Å²) in [5, 5.41) is 23.9. The van der Waals surface area contributed by atoms with Crippen LogP contribution in [0.4, 0.5) is 4.79 Å². The van der Waals surface area contributed by atoms with E-state index < -0.39 is 22.6 Å². The number of rotatable bonds is 4. The zero-order valence-electron chi connectivity index (χ0n) is 16.9. The maximum absolute atomic E-state index is 13.1. The first-order valence-electron chi connectivity index (χ1n) is 9.92. The molecule has 1 aromatic rings. The molecule has 7 nitrogen and oxygen atoms in total. The highest BCUT2D eigenvalue weighted by atomic mass is 35.5. The Kier molecular flexibility index (Phi) is 6.13. The van der Waals surface area contributed by atoms with Crippen molar-refractivity contribution in [2.24, 2.45) is 5.41 Å². The molecule has 3 N–H and O–H groups in total. The molecule has 1 aromatic carbocycles. The van der Waals surface area contributed by atoms with Gasteiger partial charge in [0.05, 0.1) is 17.6 Å². The van der Waals surface area contributed by atoms with Gasteiger partial charge in [0, 0.05) is 36.7 Å². The van der Waals surface area contributed by atoms with E-state index in [1.54, 1.807) is 17.0 Å². The molecule has 2 aliphatic heterocycles. The lowest BCUT2D eigenvalue weighted by Gasteiger charge is -2.51. The highest BCUT2D eigenvalue weighted by molar-refractivity contribution is 6.30. The van der Waals surface area contributed by atoms with Gasteiger partial charge in [-0.05, 0) is 37.0 Å². The summed E-state index contributed by atoms with van der Waals surface area (Å²) < 4.78 is 5.35. The zero-order valence-corrected chi connectivity index (χ0v) is 17.7. The number of nitrogens with one attached hydrogen (secondary N) is 1. The van der Waals surface area contributed by atoms with Crippen LogP contribution in [0.1, 0.15) is 45.1 Å². The van der Waals surface area contributed by atoms with Crippen molar-refractivity contribution in [3.05, 3.63) is 34.9 Å². The topological polar surface area (TPSA) is 99.1 Å². The second-order valence-corrected chi connectivity index (χ2v) is 9.25. The molecule has 8 heteroatoms. The lowest BCUT2D eigenvalue weighted by molar-refractivity contribution is -0.155. The second-order valence-electron chi connectivity index (χ2n) is 8.82. The molecule has 0 aromatic heterocycles. The zero-order chi connectivity index (χ0) is 21.3. The van der Waals surface area contributed by atoms with Crippen LogP contribution in [0.3, 0.4) is 0 Å². The monoisotopic (exact) mass is 424 g/mol. The SMILES string of the molecule is CC1(C)CN(C(=O)CC2(NC(=O)O)CCOCC2)CCC1(O)c1ccc(Cl)cc1. The molecule has 1 atom stereocenters. The quantitative estimate of drug-likeness (QED) is 0.690. The van der Waals surface area contributed by atoms with Gasteiger partial charge in [-0.15, -0.1) is 0 Å². The number of nitrogens with zero attached hydrogens (tertiary/aromatic N) is 1. The van der Waals surface area contributed by atoms with Crippen LogP contribution in [0.5, 0.6) is 0 Å². The molecular formula is C21H29ClN2O5. The van der Waals surface area contributed by atoms with Crippen LogP contribution >= 0.6 is 11.6 Å². The van der Waals surface area contributed by atoms with Crippen molar-refractivity contribution < 1.29 is 24.5 Å². The Morgan fingerprint density at radius 2 is 1.79 bits per heavy atom. The van der Waals surface area contributed by atoms with E-state index in [1.807, 2.05) is 26.0 Å². The number of carbonyl (C=O) groups is 2. The number of ether oxygens (including phenoxy) is 1. The van der Waals surface area contributed by atoms with E-state index in [-0.39, 0.29) is 12.3 Å². The summed E-state index contributed by atoms with van der Waals surface area (Å²) in [6.45, 7) is 5.53. The number of piperidine rings is 1. The molecule has 1 unspecified atom stereocenters. The van der Waals surface area contributed by atoms with Crippen LogP contribution in [-0.4, -0.2) is 59.0 Å². The van der Waals surface area contributed by atoms with Crippen molar-refractivity contribution >= 4 is 23.6 Å². The van der Waals surface area contributed by atoms with E-state index in [1.165, 1.54) is 0 Å². The van der Waals surface area contributed by atoms with Crippen molar-refractivity contribution in [2.45, 2.75) is 50.7 Å². The molecule has 0 aliphatic carbocycles. The molecule has 0 saturated carbocycles. The number of likely N-dealkylation sites (tertiary alicyclic amines) is 1. The number of halogens is 1. The van der Waals surface area contributed by atoms with E-state index in [9.17, 15) is 19.8 Å². The summed E-state index contributed by atoms with van der Waals surface area (Å²) in [4.78, 5) is 26.1. The van der Waals surface area contributed by atoms with Crippen molar-refractivity contribution in [1.82, 2.24) is 10.2 Å². The van der Waals surface area contributed by atoms with Gasteiger partial charge >= 0.3 is 6.09 Å². The fourth-order valence-corrected chi connectivity index (χ4v) is 4.66. The first-order chi connectivity index (χ1) is 13.6. The molecular weight excluding hydrogens is 396 g/mol. The average Bonchev–Trinajstić information content (AvgIpc) is 2.64. The summed E-state index contributed by atoms with van der Waals surface area (Å²) in [6.07, 6.45) is 0.304. The van der Waals surface area contributed by atoms with E-state index in [0.29, 0.717) is 50.6 Å². The van der Waals surface area contributed by atoms with Crippen molar-refractivity contribution in [3.8, 4) is 0 Å². The fraction of sp³-hybridized carbons (Fsp3) is 0.619. The Balaban J connectivity index is 1.74. The van der Waals surface area contributed by atoms with E-state index in [0.717, 1.165) is 5.56 Å². The molecule has 2 heterocycles. The predicted octanol–water partition coefficient (Wildman–Crippen LogP) is 2.99. The van der Waals surface area contributed by atoms with Gasteiger partial charge in [-0.3, -0.25) is 4.79 Å². The first-order valence-corrected chi connectivity index (χ1v) is 10.3. The van der Waals surface area contributed by atoms with Gasteiger partial charge in [0.1, 0.15) is 0 Å². The van der Waals surface area contributed by atoms with Crippen molar-refractivity contribution in [1.29, 1.82) is 0 Å². The third kappa shape index (κ3) is 4.52. The Bertz CT molecular complexity index is 761. The van der Waals surface area contributed by atoms with Crippen LogP contribution in [-0.2, 0) is 15.1 Å². The van der Waals surface area contributed by atoms with Gasteiger partial charge in [-0.2, -0.15) is 0 Å². The smallest absolute Gasteiger partial charge is 0.405 e. The van der Waals surface area contributed by atoms with Crippen LogP contribution in [0, 0.1) is 5.41 Å². The summed E-state index contributed by atoms with van der Waals surface area (Å²) in [7, 11) is 0. The molecule has 29 heavy (non-hydrogen) atoms. The molecule has 2 fully saturated rings. The highest BCUT2D eigenvalue weighted by Gasteiger charge is 2.50. The number of amides is 2. The molecule has 2 amide bonds. The molecule has 0 spiro atoms. The number of carboxylic acid groups (broad SMARTS) is 1. The predicted molar refractivity (Wildman–Crippen MR) is 109 cm³/mol. The second kappa shape index (κ2) is 8.13. The summed E-state index contributed by atoms with van der Waals surface area (Å²) in [5.74, 6) is -0.105. The van der Waals surface area contributed by atoms with Crippen molar-refractivity contribution in [2.75, 3.05) is 26.3 Å². The number of aliphatic hydroxyl groups is 1. The maximum atomic E-state index is 13.1. The minimum absolute atomic E-state index is 0.0954. The molecule has 0 bridgehead atoms. The maximum Gasteiger partial charge on any atom is 0.405 e. The van der Waals surface area contributed by atoms with Crippen molar-refractivity contribution in [3.63, 3.8) is 0 Å². The van der Waals surface area contributed by atoms with Gasteiger partial charge in [0.2, 0.25) is 5.91 Å². The molecule has 0 radical (unpaired) electrons. The number of hydrogen-bond donors (Lipinski definition) is 3. The van der Waals surface area contributed by atoms with E-state index >= 15 is 0 Å². The third-order valence-electron chi connectivity index (χ3n) is 6.44. The fourth-order valence-electron chi connectivity index (χ4n) is 4.53. The Morgan fingerprint density at radius 3 is 2.34 bits per heavy atom. The lowest BCUT2D eigenvalue weighted by Crippen LogP contribution is -2.59. The van der Waals surface area contributed by atoms with E-state index in [2.05, 4.69) is 5.32 Å². The van der Waals surface area contributed by atoms with Gasteiger partial charge in [-0.25, -0.2) is 4.79 Å². The summed E-state index contributed by atoms with van der Waals surface area (Å²) in [5.41, 5.74) is -1.68. The van der Waals surface area contributed by atoms with Gasteiger partial charge in [-0.1, -0.05) is 37.6 Å². The van der Waals surface area contributed by atoms with Gasteiger partial charge in [0.25, 0.3) is 0 Å². The normalized spacial score (nSPS) is 26.0. The minimum atomic E-state index is -1.13. The molecule has 160 valence electrons. The average molecular weight is 425 g/mol. The summed E-state index contributed by atoms with van der Waals surface area (Å²) in [6, 6.07) is 7.18. The number of hydrogen-bond acceptors (Lipinski definition) is 4. The Morgan fingerprint density at radius 1 is 1.17 bits per heavy atom. The Labute approximate surface area is 176 Å². The standard InChI is InChI=1S/C21H29ClN2O5/c1-19(2)14-24(10-7-21(19,28)15-3-5-16(22)6-4-15)17(25)13-20(23-18(26)27)8-11-29-12-9-20/h3-6,23,28H,7-14H2,1-2H3,(H,26,27). The highest BCUT2D eigenvalue weighted by Crippen LogP contribution is 2.46. The molecule has 2 saturated heterocycles. The first kappa shape index (κ1) is 21.9. The van der Waals surface area contributed by atoms with Crippen LogP contribution in [0.25, 0.3) is 0 Å². The summed E-state index contributed by atoms with van der Waals surface area (Å²) >= 11 is 5.98. The van der Waals surface area contributed by atoms with Crippen LogP contribution in [0.2, 0.25) is 5.02 Å². The number of benzene rings is 1. The third-order valence-corrected chi connectivity index (χ3v) is 6.69. The van der Waals surface area contributed by atoms with Crippen LogP contribution < -0.4 is 5.32 Å². The minimum Gasteiger partial charge on any atom is -0.465 e. The van der Waals surface area contributed by atoms with Gasteiger partial charge < -0.3 is 25.2 Å². The molecule has 2 aliphatic rings. The Hall–Kier alpha value is -1.83. The van der Waals surface area contributed by atoms with E-state index in [4.69, 9.17) is 16.3 Å². The largest absolute Gasteiger partial charge is 0.465 e. The molecule has 3 rings (SSSR count).